The van der Waals surface area contributed by atoms with Crippen LogP contribution in [0.1, 0.15) is 26.2 Å². The van der Waals surface area contributed by atoms with Crippen molar-refractivity contribution in [1.29, 1.82) is 0 Å². The number of carbonyl (C=O) groups is 1. The Kier molecular flexibility index (Phi) is 5.41. The van der Waals surface area contributed by atoms with Crippen molar-refractivity contribution in [3.05, 3.63) is 30.1 Å². The van der Waals surface area contributed by atoms with Crippen LogP contribution in [0.25, 0.3) is 0 Å². The van der Waals surface area contributed by atoms with Crippen LogP contribution in [0.2, 0.25) is 0 Å². The number of amides is 1. The minimum Gasteiger partial charge on any atom is -0.381 e. The molecular formula is C17H23FN2O4S. The number of nitrogens with zero attached hydrogens (tertiary/aromatic N) is 1. The Morgan fingerprint density at radius 1 is 1.36 bits per heavy atom. The van der Waals surface area contributed by atoms with Gasteiger partial charge in [-0.3, -0.25) is 4.79 Å². The van der Waals surface area contributed by atoms with Crippen molar-refractivity contribution in [2.45, 2.75) is 43.2 Å². The molecule has 1 aliphatic heterocycles. The van der Waals surface area contributed by atoms with Gasteiger partial charge in [-0.2, -0.15) is 4.72 Å². The number of nitrogens with one attached hydrogen (secondary N) is 1. The zero-order valence-electron chi connectivity index (χ0n) is 14.2. The van der Waals surface area contributed by atoms with Crippen molar-refractivity contribution < 1.29 is 22.3 Å². The van der Waals surface area contributed by atoms with E-state index in [9.17, 15) is 17.6 Å². The first-order valence-corrected chi connectivity index (χ1v) is 10.0. The van der Waals surface area contributed by atoms with Crippen molar-refractivity contribution in [1.82, 2.24) is 9.62 Å². The molecule has 1 saturated carbocycles. The number of sulfonamides is 1. The minimum absolute atomic E-state index is 0.175. The van der Waals surface area contributed by atoms with Gasteiger partial charge in [-0.05, 0) is 38.3 Å². The average Bonchev–Trinajstić information content (AvgIpc) is 3.28. The lowest BCUT2D eigenvalue weighted by Crippen LogP contribution is -2.49. The van der Waals surface area contributed by atoms with Gasteiger partial charge in [0.15, 0.2) is 0 Å². The fourth-order valence-corrected chi connectivity index (χ4v) is 4.34. The van der Waals surface area contributed by atoms with Crippen molar-refractivity contribution in [3.8, 4) is 0 Å². The van der Waals surface area contributed by atoms with E-state index in [2.05, 4.69) is 4.72 Å². The fraction of sp³-hybridized carbons (Fsp3) is 0.588. The number of carbonyl (C=O) groups excluding carboxylic acids is 1. The summed E-state index contributed by atoms with van der Waals surface area (Å²) in [6.07, 6.45) is 2.78. The monoisotopic (exact) mass is 370 g/mol. The molecule has 0 spiro atoms. The molecule has 1 N–H and O–H groups in total. The third-order valence-corrected chi connectivity index (χ3v) is 6.15. The number of ether oxygens (including phenoxy) is 1. The number of rotatable bonds is 7. The van der Waals surface area contributed by atoms with Crippen molar-refractivity contribution in [2.24, 2.45) is 5.92 Å². The molecule has 8 heteroatoms. The molecule has 1 saturated heterocycles. The largest absolute Gasteiger partial charge is 0.381 e. The molecule has 1 heterocycles. The second-order valence-electron chi connectivity index (χ2n) is 6.72. The summed E-state index contributed by atoms with van der Waals surface area (Å²) < 4.78 is 46.2. The molecule has 2 aliphatic rings. The maximum atomic E-state index is 13.8. The summed E-state index contributed by atoms with van der Waals surface area (Å²) in [6, 6.07) is 4.35. The van der Waals surface area contributed by atoms with Crippen molar-refractivity contribution in [3.63, 3.8) is 0 Å². The Balaban J connectivity index is 1.69. The van der Waals surface area contributed by atoms with Crippen LogP contribution < -0.4 is 4.72 Å². The second-order valence-corrected chi connectivity index (χ2v) is 8.41. The van der Waals surface area contributed by atoms with Gasteiger partial charge in [-0.25, -0.2) is 12.8 Å². The molecule has 1 aromatic carbocycles. The molecule has 1 aromatic rings. The van der Waals surface area contributed by atoms with Crippen LogP contribution >= 0.6 is 0 Å². The third-order valence-electron chi connectivity index (χ3n) is 4.58. The van der Waals surface area contributed by atoms with Gasteiger partial charge in [-0.15, -0.1) is 0 Å². The quantitative estimate of drug-likeness (QED) is 0.790. The van der Waals surface area contributed by atoms with Gasteiger partial charge in [0.1, 0.15) is 10.7 Å². The predicted molar refractivity (Wildman–Crippen MR) is 89.8 cm³/mol. The van der Waals surface area contributed by atoms with Crippen LogP contribution in [0.3, 0.4) is 0 Å². The van der Waals surface area contributed by atoms with Gasteiger partial charge in [0.25, 0.3) is 0 Å². The summed E-state index contributed by atoms with van der Waals surface area (Å²) in [6.45, 7) is 3.41. The highest BCUT2D eigenvalue weighted by Gasteiger charge is 2.37. The highest BCUT2D eigenvalue weighted by atomic mass is 32.2. The fourth-order valence-electron chi connectivity index (χ4n) is 3.07. The Hall–Kier alpha value is -1.51. The zero-order chi connectivity index (χ0) is 18.0. The van der Waals surface area contributed by atoms with Crippen LogP contribution in [-0.4, -0.2) is 51.1 Å². The number of hydrogen-bond donors (Lipinski definition) is 1. The molecule has 1 amide bonds. The van der Waals surface area contributed by atoms with Gasteiger partial charge in [0.2, 0.25) is 15.9 Å². The number of halogens is 1. The molecule has 3 rings (SSSR count). The second kappa shape index (κ2) is 7.39. The first kappa shape index (κ1) is 18.3. The molecule has 0 radical (unpaired) electrons. The molecular weight excluding hydrogens is 347 g/mol. The lowest BCUT2D eigenvalue weighted by molar-refractivity contribution is -0.133. The minimum atomic E-state index is -4.10. The van der Waals surface area contributed by atoms with Crippen LogP contribution in [0.5, 0.6) is 0 Å². The molecule has 0 aromatic heterocycles. The lowest BCUT2D eigenvalue weighted by atomic mass is 10.1. The normalized spacial score (nSPS) is 21.9. The smallest absolute Gasteiger partial charge is 0.244 e. The number of benzene rings is 1. The van der Waals surface area contributed by atoms with E-state index in [1.807, 2.05) is 0 Å². The first-order valence-electron chi connectivity index (χ1n) is 8.53. The zero-order valence-corrected chi connectivity index (χ0v) is 15.0. The van der Waals surface area contributed by atoms with Gasteiger partial charge in [0, 0.05) is 25.1 Å². The Morgan fingerprint density at radius 2 is 2.08 bits per heavy atom. The van der Waals surface area contributed by atoms with E-state index in [1.54, 1.807) is 4.90 Å². The van der Waals surface area contributed by atoms with Crippen molar-refractivity contribution in [2.75, 3.05) is 19.8 Å². The van der Waals surface area contributed by atoms with E-state index in [0.717, 1.165) is 25.3 Å². The number of hydrogen-bond acceptors (Lipinski definition) is 4. The van der Waals surface area contributed by atoms with E-state index < -0.39 is 26.8 Å². The van der Waals surface area contributed by atoms with Crippen LogP contribution in [0.15, 0.2) is 29.2 Å². The molecule has 2 fully saturated rings. The summed E-state index contributed by atoms with van der Waals surface area (Å²) in [7, 11) is -4.10. The predicted octanol–water partition coefficient (Wildman–Crippen LogP) is 1.52. The highest BCUT2D eigenvalue weighted by Crippen LogP contribution is 2.29. The van der Waals surface area contributed by atoms with Gasteiger partial charge < -0.3 is 9.64 Å². The lowest BCUT2D eigenvalue weighted by Gasteiger charge is -2.28. The Labute approximate surface area is 147 Å². The molecule has 25 heavy (non-hydrogen) atoms. The molecule has 138 valence electrons. The summed E-state index contributed by atoms with van der Waals surface area (Å²) in [5.74, 6) is -0.814. The van der Waals surface area contributed by atoms with Crippen LogP contribution in [-0.2, 0) is 19.6 Å². The van der Waals surface area contributed by atoms with E-state index in [4.69, 9.17) is 4.74 Å². The first-order chi connectivity index (χ1) is 11.9. The van der Waals surface area contributed by atoms with E-state index in [-0.39, 0.29) is 11.9 Å². The van der Waals surface area contributed by atoms with E-state index >= 15 is 0 Å². The van der Waals surface area contributed by atoms with Gasteiger partial charge >= 0.3 is 0 Å². The topological polar surface area (TPSA) is 75.7 Å². The Bertz CT molecular complexity index is 730. The average molecular weight is 370 g/mol. The van der Waals surface area contributed by atoms with Gasteiger partial charge in [0.05, 0.1) is 12.6 Å². The molecule has 6 nitrogen and oxygen atoms in total. The molecule has 1 unspecified atom stereocenters. The Morgan fingerprint density at radius 3 is 2.68 bits per heavy atom. The van der Waals surface area contributed by atoms with Crippen molar-refractivity contribution >= 4 is 15.9 Å². The van der Waals surface area contributed by atoms with E-state index in [0.29, 0.717) is 25.7 Å². The standard InChI is InChI=1S/C17H23FN2O4S/c1-12(19-25(22,23)16-5-3-2-4-15(16)18)17(21)20(14-6-7-14)10-13-8-9-24-11-13/h2-5,12-14,19H,6-11H2,1H3/t12-,13?/m0/s1. The summed E-state index contributed by atoms with van der Waals surface area (Å²) >= 11 is 0. The van der Waals surface area contributed by atoms with Crippen LogP contribution in [0.4, 0.5) is 4.39 Å². The molecule has 1 aliphatic carbocycles. The van der Waals surface area contributed by atoms with E-state index in [1.165, 1.54) is 25.1 Å². The third kappa shape index (κ3) is 4.37. The maximum Gasteiger partial charge on any atom is 0.244 e. The summed E-state index contributed by atoms with van der Waals surface area (Å²) in [5.41, 5.74) is 0. The maximum absolute atomic E-state index is 13.8. The van der Waals surface area contributed by atoms with Crippen LogP contribution in [0, 0.1) is 11.7 Å². The molecule has 2 atom stereocenters. The molecule has 0 bridgehead atoms. The summed E-state index contributed by atoms with van der Waals surface area (Å²) in [5, 5.41) is 0. The SMILES string of the molecule is C[C@H](NS(=O)(=O)c1ccccc1F)C(=O)N(CC1CCOC1)C1CC1. The van der Waals surface area contributed by atoms with Gasteiger partial charge in [-0.1, -0.05) is 12.1 Å². The highest BCUT2D eigenvalue weighted by molar-refractivity contribution is 7.89. The summed E-state index contributed by atoms with van der Waals surface area (Å²) in [4.78, 5) is 14.1.